The number of ether oxygens (including phenoxy) is 1. The smallest absolute Gasteiger partial charge is 0.421 e. The molecule has 1 aliphatic carbocycles. The van der Waals surface area contributed by atoms with Crippen LogP contribution in [0.4, 0.5) is 30.8 Å². The summed E-state index contributed by atoms with van der Waals surface area (Å²) in [5, 5.41) is 10.2. The highest BCUT2D eigenvalue weighted by molar-refractivity contribution is 5.61. The molecule has 1 fully saturated rings. The Hall–Kier alpha value is -2.52. The van der Waals surface area contributed by atoms with Gasteiger partial charge in [0, 0.05) is 18.7 Å². The zero-order valence-electron chi connectivity index (χ0n) is 14.4. The average Bonchev–Trinajstić information content (AvgIpc) is 3.34. The number of hydrogen-bond acceptors (Lipinski definition) is 6. The second kappa shape index (κ2) is 6.03. The molecular weight excluding hydrogens is 349 g/mol. The third-order valence-corrected chi connectivity index (χ3v) is 4.49. The molecule has 140 valence electrons. The van der Waals surface area contributed by atoms with E-state index in [1.807, 2.05) is 11.6 Å². The van der Waals surface area contributed by atoms with Crippen LogP contribution in [0.15, 0.2) is 6.20 Å². The van der Waals surface area contributed by atoms with E-state index in [4.69, 9.17) is 4.74 Å². The van der Waals surface area contributed by atoms with Gasteiger partial charge in [-0.15, -0.1) is 0 Å². The van der Waals surface area contributed by atoms with Gasteiger partial charge in [-0.2, -0.15) is 23.3 Å². The molecule has 0 amide bonds. The van der Waals surface area contributed by atoms with Crippen molar-refractivity contribution in [3.63, 3.8) is 0 Å². The van der Waals surface area contributed by atoms with E-state index in [1.54, 1.807) is 6.92 Å². The fourth-order valence-corrected chi connectivity index (χ4v) is 2.94. The Morgan fingerprint density at radius 3 is 2.69 bits per heavy atom. The van der Waals surface area contributed by atoms with Crippen LogP contribution in [0, 0.1) is 6.92 Å². The zero-order valence-corrected chi connectivity index (χ0v) is 14.4. The fraction of sp³-hybridized carbons (Fsp3) is 0.562. The Bertz CT molecular complexity index is 830. The number of nitrogens with zero attached hydrogens (tertiary/aromatic N) is 4. The zero-order chi connectivity index (χ0) is 18.5. The summed E-state index contributed by atoms with van der Waals surface area (Å²) in [4.78, 5) is 7.85. The standard InChI is InChI=1S/C16H19F3N6O/c1-8-5-6-26-12-9(2)25(10-3-4-10)24-14(12)23-15-20-7-11(16(17,18)19)13(21-8)22-15/h7-8,10H,3-6H2,1-2H3,(H2,20,21,22,23,24)/t8-/m1/s1. The topological polar surface area (TPSA) is 76.9 Å². The SMILES string of the molecule is Cc1c2c(nn1C1CC1)Nc1ncc(C(F)(F)F)c(n1)N[C@H](C)CCO2. The molecule has 2 aromatic rings. The van der Waals surface area contributed by atoms with Gasteiger partial charge in [0.2, 0.25) is 5.95 Å². The lowest BCUT2D eigenvalue weighted by Gasteiger charge is -2.18. The molecule has 4 rings (SSSR count). The van der Waals surface area contributed by atoms with Crippen molar-refractivity contribution >= 4 is 17.6 Å². The van der Waals surface area contributed by atoms with Crippen LogP contribution < -0.4 is 15.4 Å². The van der Waals surface area contributed by atoms with Crippen molar-refractivity contribution in [2.24, 2.45) is 0 Å². The maximum Gasteiger partial charge on any atom is 0.421 e. The second-order valence-electron chi connectivity index (χ2n) is 6.70. The molecule has 2 bridgehead atoms. The second-order valence-corrected chi connectivity index (χ2v) is 6.70. The summed E-state index contributed by atoms with van der Waals surface area (Å²) in [5.74, 6) is 0.815. The van der Waals surface area contributed by atoms with E-state index < -0.39 is 11.7 Å². The van der Waals surface area contributed by atoms with Crippen molar-refractivity contribution in [2.75, 3.05) is 17.2 Å². The van der Waals surface area contributed by atoms with Gasteiger partial charge in [0.25, 0.3) is 0 Å². The largest absolute Gasteiger partial charge is 0.488 e. The van der Waals surface area contributed by atoms with Gasteiger partial charge in [-0.05, 0) is 26.7 Å². The van der Waals surface area contributed by atoms with E-state index >= 15 is 0 Å². The van der Waals surface area contributed by atoms with E-state index in [-0.39, 0.29) is 17.8 Å². The van der Waals surface area contributed by atoms with Crippen LogP contribution in [0.2, 0.25) is 0 Å². The van der Waals surface area contributed by atoms with Crippen LogP contribution in [-0.4, -0.2) is 32.4 Å². The van der Waals surface area contributed by atoms with E-state index in [0.717, 1.165) is 24.7 Å². The summed E-state index contributed by atoms with van der Waals surface area (Å²) in [6.07, 6.45) is -1.11. The predicted molar refractivity (Wildman–Crippen MR) is 88.7 cm³/mol. The van der Waals surface area contributed by atoms with Crippen molar-refractivity contribution < 1.29 is 17.9 Å². The number of halogens is 3. The van der Waals surface area contributed by atoms with E-state index in [9.17, 15) is 13.2 Å². The first-order valence-corrected chi connectivity index (χ1v) is 8.52. The molecule has 2 aliphatic rings. The Kier molecular flexibility index (Phi) is 3.92. The lowest BCUT2D eigenvalue weighted by molar-refractivity contribution is -0.137. The maximum atomic E-state index is 13.2. The fourth-order valence-electron chi connectivity index (χ4n) is 2.94. The quantitative estimate of drug-likeness (QED) is 0.800. The molecule has 0 aromatic carbocycles. The number of nitrogens with one attached hydrogen (secondary N) is 2. The summed E-state index contributed by atoms with van der Waals surface area (Å²) in [6.45, 7) is 4.06. The summed E-state index contributed by atoms with van der Waals surface area (Å²) >= 11 is 0. The molecule has 2 aromatic heterocycles. The molecule has 0 unspecified atom stereocenters. The van der Waals surface area contributed by atoms with Gasteiger partial charge in [-0.3, -0.25) is 4.68 Å². The lowest BCUT2D eigenvalue weighted by atomic mass is 10.2. The molecule has 0 spiro atoms. The van der Waals surface area contributed by atoms with E-state index in [1.165, 1.54) is 0 Å². The third-order valence-electron chi connectivity index (χ3n) is 4.49. The Labute approximate surface area is 148 Å². The summed E-state index contributed by atoms with van der Waals surface area (Å²) < 4.78 is 47.5. The van der Waals surface area contributed by atoms with Gasteiger partial charge in [0.1, 0.15) is 11.4 Å². The van der Waals surface area contributed by atoms with Gasteiger partial charge in [-0.1, -0.05) is 0 Å². The highest BCUT2D eigenvalue weighted by atomic mass is 19.4. The first kappa shape index (κ1) is 16.9. The Morgan fingerprint density at radius 1 is 1.23 bits per heavy atom. The van der Waals surface area contributed by atoms with Gasteiger partial charge >= 0.3 is 6.18 Å². The number of hydrogen-bond donors (Lipinski definition) is 2. The summed E-state index contributed by atoms with van der Waals surface area (Å²) in [6, 6.07) is 0.102. The number of alkyl halides is 3. The van der Waals surface area contributed by atoms with Crippen LogP contribution in [0.5, 0.6) is 5.75 Å². The number of aromatic nitrogens is 4. The highest BCUT2D eigenvalue weighted by Gasteiger charge is 2.36. The molecule has 2 N–H and O–H groups in total. The first-order valence-electron chi connectivity index (χ1n) is 8.52. The normalized spacial score (nSPS) is 20.3. The van der Waals surface area contributed by atoms with Gasteiger partial charge in [0.15, 0.2) is 11.6 Å². The summed E-state index contributed by atoms with van der Waals surface area (Å²) in [7, 11) is 0. The van der Waals surface area contributed by atoms with Crippen LogP contribution in [-0.2, 0) is 6.18 Å². The monoisotopic (exact) mass is 368 g/mol. The Morgan fingerprint density at radius 2 is 2.00 bits per heavy atom. The minimum absolute atomic E-state index is 0.0416. The lowest BCUT2D eigenvalue weighted by Crippen LogP contribution is -2.22. The molecule has 7 nitrogen and oxygen atoms in total. The number of anilines is 3. The molecular formula is C16H19F3N6O. The molecule has 26 heavy (non-hydrogen) atoms. The van der Waals surface area contributed by atoms with E-state index in [2.05, 4.69) is 25.7 Å². The van der Waals surface area contributed by atoms with Crippen LogP contribution in [0.3, 0.4) is 0 Å². The van der Waals surface area contributed by atoms with Crippen LogP contribution in [0.1, 0.15) is 43.5 Å². The average molecular weight is 368 g/mol. The summed E-state index contributed by atoms with van der Waals surface area (Å²) in [5.41, 5.74) is -0.00280. The van der Waals surface area contributed by atoms with Crippen molar-refractivity contribution in [1.29, 1.82) is 0 Å². The Balaban J connectivity index is 1.76. The number of fused-ring (bicyclic) bond motifs is 3. The van der Waals surface area contributed by atoms with Gasteiger partial charge in [-0.25, -0.2) is 4.98 Å². The van der Waals surface area contributed by atoms with Crippen molar-refractivity contribution in [3.05, 3.63) is 17.5 Å². The molecule has 0 saturated heterocycles. The van der Waals surface area contributed by atoms with E-state index in [0.29, 0.717) is 30.6 Å². The van der Waals surface area contributed by atoms with Crippen molar-refractivity contribution in [1.82, 2.24) is 19.7 Å². The molecule has 1 aliphatic heterocycles. The number of rotatable bonds is 1. The molecule has 0 radical (unpaired) electrons. The highest BCUT2D eigenvalue weighted by Crippen LogP contribution is 2.41. The molecule has 1 atom stereocenters. The molecule has 1 saturated carbocycles. The van der Waals surface area contributed by atoms with Crippen LogP contribution in [0.25, 0.3) is 0 Å². The van der Waals surface area contributed by atoms with Gasteiger partial charge < -0.3 is 15.4 Å². The maximum absolute atomic E-state index is 13.2. The third kappa shape index (κ3) is 3.15. The minimum atomic E-state index is -4.54. The first-order chi connectivity index (χ1) is 12.3. The van der Waals surface area contributed by atoms with Crippen molar-refractivity contribution in [2.45, 2.75) is 51.4 Å². The van der Waals surface area contributed by atoms with Crippen LogP contribution >= 0.6 is 0 Å². The molecule has 10 heteroatoms. The molecule has 3 heterocycles. The minimum Gasteiger partial charge on any atom is -0.488 e. The predicted octanol–water partition coefficient (Wildman–Crippen LogP) is 3.66. The van der Waals surface area contributed by atoms with Gasteiger partial charge in [0.05, 0.1) is 18.3 Å². The van der Waals surface area contributed by atoms with Crippen molar-refractivity contribution in [3.8, 4) is 5.75 Å².